The van der Waals surface area contributed by atoms with Crippen LogP contribution in [0.1, 0.15) is 35.6 Å². The standard InChI is InChI=1S/C17H18N2O2/c20-19(21)15-8-3-5-13(11-15)12-18-17-10-4-7-14-6-1-2-9-16(14)17/h1-3,5-6,8-9,11,17-18H,4,7,10,12H2. The molecular weight excluding hydrogens is 264 g/mol. The molecule has 0 aromatic heterocycles. The van der Waals surface area contributed by atoms with Crippen LogP contribution in [0.5, 0.6) is 0 Å². The summed E-state index contributed by atoms with van der Waals surface area (Å²) in [6.07, 6.45) is 3.45. The fraction of sp³-hybridized carbons (Fsp3) is 0.294. The number of nitrogens with zero attached hydrogens (tertiary/aromatic N) is 1. The van der Waals surface area contributed by atoms with Crippen LogP contribution in [-0.4, -0.2) is 4.92 Å². The summed E-state index contributed by atoms with van der Waals surface area (Å²) < 4.78 is 0. The summed E-state index contributed by atoms with van der Waals surface area (Å²) in [5.41, 5.74) is 3.89. The first-order valence-corrected chi connectivity index (χ1v) is 7.28. The van der Waals surface area contributed by atoms with Gasteiger partial charge in [-0.05, 0) is 36.0 Å². The first-order chi connectivity index (χ1) is 10.2. The number of aryl methyl sites for hydroxylation is 1. The number of rotatable bonds is 4. The molecule has 0 aliphatic heterocycles. The van der Waals surface area contributed by atoms with Crippen molar-refractivity contribution in [2.24, 2.45) is 0 Å². The monoisotopic (exact) mass is 282 g/mol. The predicted molar refractivity (Wildman–Crippen MR) is 82.1 cm³/mol. The molecule has 1 N–H and O–H groups in total. The lowest BCUT2D eigenvalue weighted by atomic mass is 9.87. The lowest BCUT2D eigenvalue weighted by Gasteiger charge is -2.26. The van der Waals surface area contributed by atoms with E-state index in [2.05, 4.69) is 29.6 Å². The molecule has 0 fully saturated rings. The van der Waals surface area contributed by atoms with Gasteiger partial charge in [0.1, 0.15) is 0 Å². The summed E-state index contributed by atoms with van der Waals surface area (Å²) in [7, 11) is 0. The van der Waals surface area contributed by atoms with E-state index in [0.29, 0.717) is 12.6 Å². The van der Waals surface area contributed by atoms with Gasteiger partial charge in [0.2, 0.25) is 0 Å². The summed E-state index contributed by atoms with van der Waals surface area (Å²) in [5, 5.41) is 14.3. The van der Waals surface area contributed by atoms with Crippen molar-refractivity contribution in [3.05, 3.63) is 75.3 Å². The van der Waals surface area contributed by atoms with E-state index in [1.54, 1.807) is 12.1 Å². The number of benzene rings is 2. The molecule has 1 aliphatic rings. The normalized spacial score (nSPS) is 17.2. The molecule has 0 saturated heterocycles. The smallest absolute Gasteiger partial charge is 0.269 e. The van der Waals surface area contributed by atoms with Crippen LogP contribution in [0.25, 0.3) is 0 Å². The highest BCUT2D eigenvalue weighted by Crippen LogP contribution is 2.29. The first kappa shape index (κ1) is 13.8. The molecule has 0 spiro atoms. The molecule has 1 atom stereocenters. The lowest BCUT2D eigenvalue weighted by molar-refractivity contribution is -0.384. The SMILES string of the molecule is O=[N+]([O-])c1cccc(CNC2CCCc3ccccc32)c1. The molecule has 21 heavy (non-hydrogen) atoms. The summed E-state index contributed by atoms with van der Waals surface area (Å²) in [4.78, 5) is 10.5. The molecule has 4 nitrogen and oxygen atoms in total. The van der Waals surface area contributed by atoms with Gasteiger partial charge in [0.15, 0.2) is 0 Å². The largest absolute Gasteiger partial charge is 0.306 e. The van der Waals surface area contributed by atoms with Crippen LogP contribution in [0.3, 0.4) is 0 Å². The van der Waals surface area contributed by atoms with Gasteiger partial charge in [0.25, 0.3) is 5.69 Å². The number of fused-ring (bicyclic) bond motifs is 1. The van der Waals surface area contributed by atoms with E-state index in [9.17, 15) is 10.1 Å². The van der Waals surface area contributed by atoms with Crippen LogP contribution in [0.15, 0.2) is 48.5 Å². The number of nitro groups is 1. The van der Waals surface area contributed by atoms with Crippen LogP contribution in [0, 0.1) is 10.1 Å². The summed E-state index contributed by atoms with van der Waals surface area (Å²) in [5.74, 6) is 0. The predicted octanol–water partition coefficient (Wildman–Crippen LogP) is 3.76. The van der Waals surface area contributed by atoms with E-state index >= 15 is 0 Å². The number of nitrogens with one attached hydrogen (secondary N) is 1. The van der Waals surface area contributed by atoms with Gasteiger partial charge in [-0.3, -0.25) is 10.1 Å². The number of hydrogen-bond acceptors (Lipinski definition) is 3. The number of nitro benzene ring substituents is 1. The zero-order chi connectivity index (χ0) is 14.7. The van der Waals surface area contributed by atoms with Crippen molar-refractivity contribution in [2.45, 2.75) is 31.8 Å². The van der Waals surface area contributed by atoms with Crippen molar-refractivity contribution < 1.29 is 4.92 Å². The van der Waals surface area contributed by atoms with E-state index in [4.69, 9.17) is 0 Å². The third kappa shape index (κ3) is 3.11. The van der Waals surface area contributed by atoms with Gasteiger partial charge >= 0.3 is 0 Å². The average molecular weight is 282 g/mol. The molecule has 4 heteroatoms. The quantitative estimate of drug-likeness (QED) is 0.686. The summed E-state index contributed by atoms with van der Waals surface area (Å²) in [6, 6.07) is 15.7. The zero-order valence-corrected chi connectivity index (χ0v) is 11.8. The highest BCUT2D eigenvalue weighted by molar-refractivity contribution is 5.35. The number of hydrogen-bond donors (Lipinski definition) is 1. The molecule has 3 rings (SSSR count). The van der Waals surface area contributed by atoms with Crippen molar-refractivity contribution in [2.75, 3.05) is 0 Å². The first-order valence-electron chi connectivity index (χ1n) is 7.28. The highest BCUT2D eigenvalue weighted by atomic mass is 16.6. The number of non-ortho nitro benzene ring substituents is 1. The third-order valence-corrected chi connectivity index (χ3v) is 4.04. The molecule has 1 aliphatic carbocycles. The Kier molecular flexibility index (Phi) is 3.97. The minimum Gasteiger partial charge on any atom is -0.306 e. The lowest BCUT2D eigenvalue weighted by Crippen LogP contribution is -2.24. The fourth-order valence-electron chi connectivity index (χ4n) is 2.99. The third-order valence-electron chi connectivity index (χ3n) is 4.04. The Bertz CT molecular complexity index is 655. The van der Waals surface area contributed by atoms with Crippen LogP contribution < -0.4 is 5.32 Å². The van der Waals surface area contributed by atoms with Gasteiger partial charge < -0.3 is 5.32 Å². The molecular formula is C17H18N2O2. The van der Waals surface area contributed by atoms with Gasteiger partial charge in [0.05, 0.1) is 4.92 Å². The Balaban J connectivity index is 1.71. The summed E-state index contributed by atoms with van der Waals surface area (Å²) >= 11 is 0. The van der Waals surface area contributed by atoms with Crippen molar-refractivity contribution in [3.63, 3.8) is 0 Å². The molecule has 2 aromatic carbocycles. The Morgan fingerprint density at radius 3 is 2.90 bits per heavy atom. The van der Waals surface area contributed by atoms with Gasteiger partial charge in [-0.2, -0.15) is 0 Å². The molecule has 0 saturated carbocycles. The van der Waals surface area contributed by atoms with E-state index in [1.807, 2.05) is 6.07 Å². The van der Waals surface area contributed by atoms with E-state index in [-0.39, 0.29) is 10.6 Å². The van der Waals surface area contributed by atoms with Gasteiger partial charge in [-0.15, -0.1) is 0 Å². The van der Waals surface area contributed by atoms with Gasteiger partial charge in [-0.1, -0.05) is 36.4 Å². The zero-order valence-electron chi connectivity index (χ0n) is 11.8. The topological polar surface area (TPSA) is 55.2 Å². The van der Waals surface area contributed by atoms with Gasteiger partial charge in [0, 0.05) is 24.7 Å². The maximum Gasteiger partial charge on any atom is 0.269 e. The molecule has 2 aromatic rings. The van der Waals surface area contributed by atoms with Gasteiger partial charge in [-0.25, -0.2) is 0 Å². The minimum atomic E-state index is -0.348. The van der Waals surface area contributed by atoms with Crippen molar-refractivity contribution in [1.29, 1.82) is 0 Å². The van der Waals surface area contributed by atoms with Crippen molar-refractivity contribution >= 4 is 5.69 Å². The van der Waals surface area contributed by atoms with Crippen LogP contribution in [0.2, 0.25) is 0 Å². The second kappa shape index (κ2) is 6.06. The second-order valence-electron chi connectivity index (χ2n) is 5.45. The molecule has 1 unspecified atom stereocenters. The van der Waals surface area contributed by atoms with Crippen LogP contribution in [0.4, 0.5) is 5.69 Å². The van der Waals surface area contributed by atoms with Crippen LogP contribution in [-0.2, 0) is 13.0 Å². The Labute approximate surface area is 124 Å². The molecule has 0 amide bonds. The Morgan fingerprint density at radius 2 is 2.05 bits per heavy atom. The fourth-order valence-corrected chi connectivity index (χ4v) is 2.99. The highest BCUT2D eigenvalue weighted by Gasteiger charge is 2.19. The molecule has 0 bridgehead atoms. The Hall–Kier alpha value is -2.20. The molecule has 108 valence electrons. The van der Waals surface area contributed by atoms with Crippen molar-refractivity contribution in [1.82, 2.24) is 5.32 Å². The molecule has 0 heterocycles. The second-order valence-corrected chi connectivity index (χ2v) is 5.45. The van der Waals surface area contributed by atoms with E-state index < -0.39 is 0 Å². The van der Waals surface area contributed by atoms with Crippen molar-refractivity contribution in [3.8, 4) is 0 Å². The summed E-state index contributed by atoms with van der Waals surface area (Å²) in [6.45, 7) is 0.653. The van der Waals surface area contributed by atoms with E-state index in [1.165, 1.54) is 23.6 Å². The Morgan fingerprint density at radius 1 is 1.19 bits per heavy atom. The maximum absolute atomic E-state index is 10.8. The van der Waals surface area contributed by atoms with Crippen LogP contribution >= 0.6 is 0 Å². The average Bonchev–Trinajstić information content (AvgIpc) is 2.53. The maximum atomic E-state index is 10.8. The molecule has 0 radical (unpaired) electrons. The minimum absolute atomic E-state index is 0.151. The van der Waals surface area contributed by atoms with E-state index in [0.717, 1.165) is 18.4 Å².